The van der Waals surface area contributed by atoms with Gasteiger partial charge in [-0.15, -0.1) is 0 Å². The molecule has 9 aromatic rings. The lowest BCUT2D eigenvalue weighted by Crippen LogP contribution is -2.00. The largest absolute Gasteiger partial charge is 0.208 e. The lowest BCUT2D eigenvalue weighted by atomic mass is 9.86. The highest BCUT2D eigenvalue weighted by Gasteiger charge is 2.17. The zero-order chi connectivity index (χ0) is 33.3. The summed E-state index contributed by atoms with van der Waals surface area (Å²) in [6.07, 6.45) is 0. The fourth-order valence-electron chi connectivity index (χ4n) is 6.93. The number of benzene rings is 8. The topological polar surface area (TPSA) is 38.7 Å². The van der Waals surface area contributed by atoms with Crippen LogP contribution in [0.15, 0.2) is 188 Å². The van der Waals surface area contributed by atoms with Crippen LogP contribution < -0.4 is 0 Å². The van der Waals surface area contributed by atoms with Crippen molar-refractivity contribution in [2.75, 3.05) is 0 Å². The number of hydrogen-bond donors (Lipinski definition) is 0. The van der Waals surface area contributed by atoms with Gasteiger partial charge in [-0.2, -0.15) is 0 Å². The minimum Gasteiger partial charge on any atom is -0.208 e. The lowest BCUT2D eigenvalue weighted by Gasteiger charge is -2.18. The Morgan fingerprint density at radius 2 is 0.640 bits per heavy atom. The molecule has 8 aromatic carbocycles. The van der Waals surface area contributed by atoms with E-state index in [1.165, 1.54) is 49.4 Å². The Balaban J connectivity index is 1.20. The van der Waals surface area contributed by atoms with Crippen LogP contribution in [0.2, 0.25) is 0 Å². The van der Waals surface area contributed by atoms with Crippen molar-refractivity contribution in [1.29, 1.82) is 0 Å². The molecular weight excluding hydrogens is 607 g/mol. The number of rotatable bonds is 6. The van der Waals surface area contributed by atoms with Crippen molar-refractivity contribution in [1.82, 2.24) is 15.0 Å². The highest BCUT2D eigenvalue weighted by molar-refractivity contribution is 6.11. The zero-order valence-corrected chi connectivity index (χ0v) is 27.2. The van der Waals surface area contributed by atoms with E-state index in [0.717, 1.165) is 22.3 Å². The van der Waals surface area contributed by atoms with Gasteiger partial charge < -0.3 is 0 Å². The van der Waals surface area contributed by atoms with Crippen LogP contribution >= 0.6 is 0 Å². The third-order valence-electron chi connectivity index (χ3n) is 9.36. The van der Waals surface area contributed by atoms with Crippen LogP contribution in [0.5, 0.6) is 0 Å². The van der Waals surface area contributed by atoms with Gasteiger partial charge in [0.15, 0.2) is 17.5 Å². The second kappa shape index (κ2) is 12.7. The van der Waals surface area contributed by atoms with Gasteiger partial charge in [-0.1, -0.05) is 188 Å². The summed E-state index contributed by atoms with van der Waals surface area (Å²) < 4.78 is 0. The average Bonchev–Trinajstić information content (AvgIpc) is 3.21. The molecule has 0 N–H and O–H groups in total. The molecule has 0 saturated carbocycles. The molecule has 0 aliphatic rings. The first-order valence-electron chi connectivity index (χ1n) is 16.9. The van der Waals surface area contributed by atoms with Crippen LogP contribution in [0, 0.1) is 0 Å². The number of aromatic nitrogens is 3. The molecule has 0 unspecified atom stereocenters. The van der Waals surface area contributed by atoms with Crippen LogP contribution in [-0.4, -0.2) is 15.0 Å². The highest BCUT2D eigenvalue weighted by atomic mass is 15.0. The van der Waals surface area contributed by atoms with E-state index in [1.807, 2.05) is 60.7 Å². The van der Waals surface area contributed by atoms with Gasteiger partial charge in [0.25, 0.3) is 0 Å². The van der Waals surface area contributed by atoms with Gasteiger partial charge in [0.1, 0.15) is 0 Å². The molecule has 3 nitrogen and oxygen atoms in total. The third kappa shape index (κ3) is 5.41. The molecule has 0 saturated heterocycles. The maximum Gasteiger partial charge on any atom is 0.164 e. The van der Waals surface area contributed by atoms with Gasteiger partial charge in [-0.3, -0.25) is 0 Å². The van der Waals surface area contributed by atoms with E-state index < -0.39 is 0 Å². The van der Waals surface area contributed by atoms with E-state index in [0.29, 0.717) is 17.5 Å². The molecule has 0 aliphatic carbocycles. The Bertz CT molecular complexity index is 2560. The first-order chi connectivity index (χ1) is 24.8. The Kier molecular flexibility index (Phi) is 7.49. The Hall–Kier alpha value is -6.71. The number of nitrogens with zero attached hydrogens (tertiary/aromatic N) is 3. The van der Waals surface area contributed by atoms with Crippen molar-refractivity contribution in [3.63, 3.8) is 0 Å². The predicted molar refractivity (Wildman–Crippen MR) is 207 cm³/mol. The van der Waals surface area contributed by atoms with Crippen molar-refractivity contribution in [2.24, 2.45) is 0 Å². The maximum atomic E-state index is 4.96. The predicted octanol–water partition coefficient (Wildman–Crippen LogP) is 12.2. The van der Waals surface area contributed by atoms with E-state index in [9.17, 15) is 0 Å². The van der Waals surface area contributed by atoms with E-state index in [2.05, 4.69) is 127 Å². The van der Waals surface area contributed by atoms with Crippen molar-refractivity contribution in [3.05, 3.63) is 188 Å². The second-order valence-electron chi connectivity index (χ2n) is 12.4. The zero-order valence-electron chi connectivity index (χ0n) is 27.2. The number of hydrogen-bond acceptors (Lipinski definition) is 3. The molecule has 3 heteroatoms. The molecule has 0 fully saturated rings. The van der Waals surface area contributed by atoms with Gasteiger partial charge in [-0.05, 0) is 54.9 Å². The summed E-state index contributed by atoms with van der Waals surface area (Å²) in [7, 11) is 0. The van der Waals surface area contributed by atoms with Gasteiger partial charge in [0.2, 0.25) is 0 Å². The monoisotopic (exact) mass is 637 g/mol. The van der Waals surface area contributed by atoms with Crippen molar-refractivity contribution < 1.29 is 0 Å². The van der Waals surface area contributed by atoms with Crippen LogP contribution in [0.1, 0.15) is 0 Å². The summed E-state index contributed by atoms with van der Waals surface area (Å²) in [5.41, 5.74) is 10.0. The molecule has 0 radical (unpaired) electrons. The van der Waals surface area contributed by atoms with E-state index in [-0.39, 0.29) is 0 Å². The molecule has 0 aliphatic heterocycles. The first kappa shape index (κ1) is 29.4. The Labute approximate surface area is 291 Å². The fourth-order valence-corrected chi connectivity index (χ4v) is 6.93. The molecule has 0 spiro atoms. The van der Waals surface area contributed by atoms with E-state index in [1.54, 1.807) is 0 Å². The summed E-state index contributed by atoms with van der Waals surface area (Å²) in [6.45, 7) is 0. The van der Waals surface area contributed by atoms with Gasteiger partial charge >= 0.3 is 0 Å². The molecular formula is C47H31N3. The summed E-state index contributed by atoms with van der Waals surface area (Å²) in [4.78, 5) is 14.8. The van der Waals surface area contributed by atoms with Crippen molar-refractivity contribution in [3.8, 4) is 67.5 Å². The molecule has 0 atom stereocenters. The molecule has 0 amide bonds. The number of fused-ring (bicyclic) bond motifs is 2. The van der Waals surface area contributed by atoms with E-state index >= 15 is 0 Å². The fraction of sp³-hybridized carbons (Fsp3) is 0. The standard InChI is InChI=1S/C47H31N3/c1-4-14-32(15-5-1)38-30-31-42(41-23-13-12-22-40(38)41)43-29-28-33-16-10-11-21-39(33)44(43)34-24-26-37(27-25-34)47-49-45(35-17-6-2-7-18-35)48-46(50-47)36-19-8-3-9-20-36/h1-31H. The van der Waals surface area contributed by atoms with Gasteiger partial charge in [0, 0.05) is 16.7 Å². The van der Waals surface area contributed by atoms with Gasteiger partial charge in [-0.25, -0.2) is 15.0 Å². The van der Waals surface area contributed by atoms with E-state index in [4.69, 9.17) is 15.0 Å². The summed E-state index contributed by atoms with van der Waals surface area (Å²) in [5.74, 6) is 1.95. The second-order valence-corrected chi connectivity index (χ2v) is 12.4. The lowest BCUT2D eigenvalue weighted by molar-refractivity contribution is 1.07. The molecule has 0 bridgehead atoms. The molecule has 1 heterocycles. The van der Waals surface area contributed by atoms with Crippen LogP contribution in [0.25, 0.3) is 89.1 Å². The molecule has 50 heavy (non-hydrogen) atoms. The van der Waals surface area contributed by atoms with Crippen LogP contribution in [0.4, 0.5) is 0 Å². The minimum atomic E-state index is 0.643. The smallest absolute Gasteiger partial charge is 0.164 e. The van der Waals surface area contributed by atoms with Crippen molar-refractivity contribution >= 4 is 21.5 Å². The maximum absolute atomic E-state index is 4.96. The van der Waals surface area contributed by atoms with Crippen LogP contribution in [0.3, 0.4) is 0 Å². The SMILES string of the molecule is c1ccc(-c2nc(-c3ccccc3)nc(-c3ccc(-c4c(-c5ccc(-c6ccccc6)c6ccccc56)ccc5ccccc45)cc3)n2)cc1. The average molecular weight is 638 g/mol. The quantitative estimate of drug-likeness (QED) is 0.182. The first-order valence-corrected chi connectivity index (χ1v) is 16.9. The van der Waals surface area contributed by atoms with Gasteiger partial charge in [0.05, 0.1) is 0 Å². The Morgan fingerprint density at radius 3 is 1.22 bits per heavy atom. The molecule has 9 rings (SSSR count). The Morgan fingerprint density at radius 1 is 0.240 bits per heavy atom. The minimum absolute atomic E-state index is 0.643. The molecule has 1 aromatic heterocycles. The molecule has 234 valence electrons. The summed E-state index contributed by atoms with van der Waals surface area (Å²) in [5, 5.41) is 4.89. The highest BCUT2D eigenvalue weighted by Crippen LogP contribution is 2.43. The van der Waals surface area contributed by atoms with Crippen molar-refractivity contribution in [2.45, 2.75) is 0 Å². The summed E-state index contributed by atoms with van der Waals surface area (Å²) >= 11 is 0. The normalized spacial score (nSPS) is 11.2. The van der Waals surface area contributed by atoms with Crippen LogP contribution in [-0.2, 0) is 0 Å². The third-order valence-corrected chi connectivity index (χ3v) is 9.36. The summed E-state index contributed by atoms with van der Waals surface area (Å²) in [6, 6.07) is 66.0.